The van der Waals surface area contributed by atoms with Crippen LogP contribution in [0.5, 0.6) is 0 Å². The number of halogens is 1. The van der Waals surface area contributed by atoms with E-state index in [0.717, 1.165) is 37.7 Å². The number of hydrogen-bond acceptors (Lipinski definition) is 6. The van der Waals surface area contributed by atoms with Crippen LogP contribution in [0.3, 0.4) is 0 Å². The summed E-state index contributed by atoms with van der Waals surface area (Å²) in [5.41, 5.74) is 3.41. The number of alkyl halides is 1. The Morgan fingerprint density at radius 1 is 1.24 bits per heavy atom. The van der Waals surface area contributed by atoms with Crippen molar-refractivity contribution in [1.29, 1.82) is 0 Å². The molecule has 6 nitrogen and oxygen atoms in total. The summed E-state index contributed by atoms with van der Waals surface area (Å²) in [5, 5.41) is 9.96. The Morgan fingerprint density at radius 2 is 2.10 bits per heavy atom. The van der Waals surface area contributed by atoms with Crippen LogP contribution in [-0.2, 0) is 4.57 Å². The second-order valence-electron chi connectivity index (χ2n) is 7.71. The first-order chi connectivity index (χ1) is 13.9. The molecule has 150 valence electrons. The number of nitrogens with zero attached hydrogens (tertiary/aromatic N) is 2. The molecule has 5 rings (SSSR count). The molecule has 1 aliphatic heterocycles. The molecule has 9 heteroatoms. The molecule has 0 radical (unpaired) electrons. The predicted octanol–water partition coefficient (Wildman–Crippen LogP) is 3.81. The minimum absolute atomic E-state index is 0.338. The average Bonchev–Trinajstić information content (AvgIpc) is 3.40. The molecule has 3 aromatic heterocycles. The molecule has 29 heavy (non-hydrogen) atoms. The summed E-state index contributed by atoms with van der Waals surface area (Å²) in [5.74, 6) is 0.421. The maximum atomic E-state index is 14.1. The Morgan fingerprint density at radius 3 is 2.86 bits per heavy atom. The number of hydrogen-bond donors (Lipinski definition) is 3. The maximum Gasteiger partial charge on any atom is 0.224 e. The van der Waals surface area contributed by atoms with E-state index in [1.807, 2.05) is 35.8 Å². The second kappa shape index (κ2) is 6.90. The topological polar surface area (TPSA) is 82.7 Å². The van der Waals surface area contributed by atoms with Gasteiger partial charge in [-0.1, -0.05) is 12.1 Å². The molecule has 0 aliphatic carbocycles. The molecule has 0 saturated carbocycles. The molecular weight excluding hydrogens is 408 g/mol. The number of thiophene rings is 1. The summed E-state index contributed by atoms with van der Waals surface area (Å²) >= 11 is 1.57. The fraction of sp³-hybridized carbons (Fsp3) is 0.300. The van der Waals surface area contributed by atoms with Gasteiger partial charge in [-0.2, -0.15) is 0 Å². The summed E-state index contributed by atoms with van der Waals surface area (Å²) in [6, 6.07) is 7.44. The largest absolute Gasteiger partial charge is 0.360 e. The third-order valence-electron chi connectivity index (χ3n) is 5.29. The second-order valence-corrected chi connectivity index (χ2v) is 11.8. The lowest BCUT2D eigenvalue weighted by Crippen LogP contribution is -2.30. The SMILES string of the molecule is CP(C)(=O)c1cccc2c(-c3nc(N[C@@H]4CNC[C@@H]4F)nc4ccsc34)c[nH]c12. The van der Waals surface area contributed by atoms with Crippen LogP contribution < -0.4 is 15.9 Å². The zero-order chi connectivity index (χ0) is 20.2. The lowest BCUT2D eigenvalue weighted by atomic mass is 10.1. The van der Waals surface area contributed by atoms with Crippen molar-refractivity contribution in [3.63, 3.8) is 0 Å². The van der Waals surface area contributed by atoms with E-state index in [-0.39, 0.29) is 6.04 Å². The lowest BCUT2D eigenvalue weighted by Gasteiger charge is -2.15. The zero-order valence-corrected chi connectivity index (χ0v) is 17.8. The Balaban J connectivity index is 1.67. The van der Waals surface area contributed by atoms with E-state index in [4.69, 9.17) is 4.98 Å². The van der Waals surface area contributed by atoms with E-state index in [1.54, 1.807) is 24.7 Å². The minimum Gasteiger partial charge on any atom is -0.360 e. The van der Waals surface area contributed by atoms with Crippen LogP contribution in [0.25, 0.3) is 32.4 Å². The van der Waals surface area contributed by atoms with Gasteiger partial charge in [0.15, 0.2) is 0 Å². The minimum atomic E-state index is -2.44. The quantitative estimate of drug-likeness (QED) is 0.430. The molecule has 0 bridgehead atoms. The Bertz CT molecular complexity index is 1260. The number of anilines is 1. The van der Waals surface area contributed by atoms with E-state index in [2.05, 4.69) is 20.6 Å². The van der Waals surface area contributed by atoms with Gasteiger partial charge in [-0.3, -0.25) is 0 Å². The van der Waals surface area contributed by atoms with Gasteiger partial charge in [0.25, 0.3) is 0 Å². The number of aromatic nitrogens is 3. The first-order valence-electron chi connectivity index (χ1n) is 9.44. The van der Waals surface area contributed by atoms with E-state index in [0.29, 0.717) is 19.0 Å². The van der Waals surface area contributed by atoms with Gasteiger partial charge in [0.05, 0.1) is 27.5 Å². The van der Waals surface area contributed by atoms with E-state index < -0.39 is 13.3 Å². The Kier molecular flexibility index (Phi) is 4.46. The molecule has 1 aliphatic rings. The molecule has 1 fully saturated rings. The number of benzene rings is 1. The van der Waals surface area contributed by atoms with Gasteiger partial charge < -0.3 is 20.2 Å². The molecule has 0 amide bonds. The molecule has 2 atom stereocenters. The molecular formula is C20H21FN5OPS. The van der Waals surface area contributed by atoms with Crippen LogP contribution in [0, 0.1) is 0 Å². The van der Waals surface area contributed by atoms with Gasteiger partial charge in [-0.15, -0.1) is 11.3 Å². The van der Waals surface area contributed by atoms with Crippen LogP contribution in [0.15, 0.2) is 35.8 Å². The van der Waals surface area contributed by atoms with Gasteiger partial charge in [0.2, 0.25) is 5.95 Å². The highest BCUT2D eigenvalue weighted by atomic mass is 32.1. The number of aromatic amines is 1. The van der Waals surface area contributed by atoms with Gasteiger partial charge in [-0.05, 0) is 30.8 Å². The molecule has 1 aromatic carbocycles. The number of H-pyrrole nitrogens is 1. The zero-order valence-electron chi connectivity index (χ0n) is 16.1. The first kappa shape index (κ1) is 18.7. The Hall–Kier alpha value is -2.28. The van der Waals surface area contributed by atoms with Crippen LogP contribution in [-0.4, -0.2) is 53.6 Å². The van der Waals surface area contributed by atoms with Gasteiger partial charge in [0, 0.05) is 35.5 Å². The van der Waals surface area contributed by atoms with Crippen LogP contribution in [0.2, 0.25) is 0 Å². The van der Waals surface area contributed by atoms with Crippen molar-refractivity contribution in [1.82, 2.24) is 20.3 Å². The van der Waals surface area contributed by atoms with Crippen molar-refractivity contribution in [3.05, 3.63) is 35.8 Å². The van der Waals surface area contributed by atoms with Crippen molar-refractivity contribution in [2.45, 2.75) is 12.2 Å². The molecule has 0 spiro atoms. The van der Waals surface area contributed by atoms with E-state index >= 15 is 0 Å². The normalized spacial score (nSPS) is 20.0. The van der Waals surface area contributed by atoms with Crippen molar-refractivity contribution < 1.29 is 8.96 Å². The average molecular weight is 429 g/mol. The van der Waals surface area contributed by atoms with Crippen LogP contribution >= 0.6 is 18.5 Å². The molecule has 4 aromatic rings. The Labute approximate surface area is 171 Å². The monoisotopic (exact) mass is 429 g/mol. The van der Waals surface area contributed by atoms with E-state index in [1.165, 1.54) is 0 Å². The van der Waals surface area contributed by atoms with E-state index in [9.17, 15) is 8.96 Å². The standard InChI is InChI=1S/C20H21FN5OPS/c1-28(2,27)16-5-3-4-11-12(8-23-17(11)16)18-19-14(6-7-29-19)24-20(26-18)25-15-10-22-9-13(15)21/h3-8,13,15,22-23H,9-10H2,1-2H3,(H,24,25,26)/t13-,15+/m0/s1. The van der Waals surface area contributed by atoms with Crippen LogP contribution in [0.1, 0.15) is 0 Å². The highest BCUT2D eigenvalue weighted by Crippen LogP contribution is 2.40. The molecule has 1 saturated heterocycles. The number of nitrogens with one attached hydrogen (secondary N) is 3. The van der Waals surface area contributed by atoms with Gasteiger partial charge in [0.1, 0.15) is 13.3 Å². The fourth-order valence-electron chi connectivity index (χ4n) is 3.85. The summed E-state index contributed by atoms with van der Waals surface area (Å²) in [6.45, 7) is 4.43. The number of fused-ring (bicyclic) bond motifs is 2. The van der Waals surface area contributed by atoms with Crippen molar-refractivity contribution >= 4 is 50.9 Å². The van der Waals surface area contributed by atoms with Crippen molar-refractivity contribution in [2.75, 3.05) is 31.7 Å². The highest BCUT2D eigenvalue weighted by Gasteiger charge is 2.28. The number of para-hydroxylation sites is 1. The van der Waals surface area contributed by atoms with Crippen LogP contribution in [0.4, 0.5) is 10.3 Å². The lowest BCUT2D eigenvalue weighted by molar-refractivity contribution is 0.342. The smallest absolute Gasteiger partial charge is 0.224 e. The van der Waals surface area contributed by atoms with Gasteiger partial charge in [-0.25, -0.2) is 14.4 Å². The summed E-state index contributed by atoms with van der Waals surface area (Å²) in [7, 11) is -2.44. The predicted molar refractivity (Wildman–Crippen MR) is 119 cm³/mol. The molecule has 3 N–H and O–H groups in total. The summed E-state index contributed by atoms with van der Waals surface area (Å²) in [6.07, 6.45) is 0.934. The third kappa shape index (κ3) is 3.25. The first-order valence-corrected chi connectivity index (χ1v) is 12.9. The number of rotatable bonds is 4. The summed E-state index contributed by atoms with van der Waals surface area (Å²) < 4.78 is 27.8. The molecule has 4 heterocycles. The van der Waals surface area contributed by atoms with Crippen molar-refractivity contribution in [2.24, 2.45) is 0 Å². The fourth-order valence-corrected chi connectivity index (χ4v) is 5.85. The maximum absolute atomic E-state index is 14.1. The van der Waals surface area contributed by atoms with Gasteiger partial charge >= 0.3 is 0 Å². The molecule has 0 unspecified atom stereocenters. The summed E-state index contributed by atoms with van der Waals surface area (Å²) in [4.78, 5) is 12.6. The highest BCUT2D eigenvalue weighted by molar-refractivity contribution is 7.70. The third-order valence-corrected chi connectivity index (χ3v) is 7.73. The van der Waals surface area contributed by atoms with Crippen molar-refractivity contribution in [3.8, 4) is 11.3 Å².